The molecule has 1 aromatic rings. The third-order valence-electron chi connectivity index (χ3n) is 3.43. The van der Waals surface area contributed by atoms with Crippen molar-refractivity contribution in [2.75, 3.05) is 26.2 Å². The average Bonchev–Trinajstić information content (AvgIpc) is 2.73. The Hall–Kier alpha value is -0.940. The standard InChI is InChI=1S/C15H25N3OS/c1-12-11-20-13(16-12)10-17-5-7-18(8-6-17)14(19)9-15(2,3)4/h11H,5-10H2,1-4H3. The van der Waals surface area contributed by atoms with Crippen LogP contribution in [0.5, 0.6) is 0 Å². The maximum Gasteiger partial charge on any atom is 0.223 e. The summed E-state index contributed by atoms with van der Waals surface area (Å²) >= 11 is 1.72. The molecule has 0 aliphatic carbocycles. The number of carbonyl (C=O) groups excluding carboxylic acids is 1. The van der Waals surface area contributed by atoms with Gasteiger partial charge in [0, 0.05) is 43.7 Å². The van der Waals surface area contributed by atoms with E-state index in [2.05, 4.69) is 36.0 Å². The average molecular weight is 295 g/mol. The fourth-order valence-corrected chi connectivity index (χ4v) is 3.20. The molecular weight excluding hydrogens is 270 g/mol. The summed E-state index contributed by atoms with van der Waals surface area (Å²) in [4.78, 5) is 21.1. The molecule has 1 aromatic heterocycles. The molecule has 20 heavy (non-hydrogen) atoms. The molecule has 0 spiro atoms. The first-order valence-electron chi connectivity index (χ1n) is 7.25. The molecular formula is C15H25N3OS. The third kappa shape index (κ3) is 4.56. The second kappa shape index (κ2) is 6.22. The van der Waals surface area contributed by atoms with E-state index in [1.807, 2.05) is 11.8 Å². The Bertz CT molecular complexity index is 456. The monoisotopic (exact) mass is 295 g/mol. The quantitative estimate of drug-likeness (QED) is 0.860. The van der Waals surface area contributed by atoms with Crippen LogP contribution in [0.3, 0.4) is 0 Å². The molecule has 1 saturated heterocycles. The molecule has 1 aliphatic heterocycles. The first-order valence-corrected chi connectivity index (χ1v) is 8.12. The van der Waals surface area contributed by atoms with Crippen LogP contribution in [0.4, 0.5) is 0 Å². The van der Waals surface area contributed by atoms with E-state index in [-0.39, 0.29) is 5.41 Å². The summed E-state index contributed by atoms with van der Waals surface area (Å²) < 4.78 is 0. The number of thiazole rings is 1. The number of nitrogens with zero attached hydrogens (tertiary/aromatic N) is 3. The van der Waals surface area contributed by atoms with Crippen LogP contribution in [0, 0.1) is 12.3 Å². The van der Waals surface area contributed by atoms with Crippen LogP contribution in [0.15, 0.2) is 5.38 Å². The molecule has 1 aliphatic rings. The Balaban J connectivity index is 1.79. The van der Waals surface area contributed by atoms with Crippen molar-refractivity contribution in [3.05, 3.63) is 16.1 Å². The van der Waals surface area contributed by atoms with Crippen LogP contribution < -0.4 is 0 Å². The van der Waals surface area contributed by atoms with Crippen molar-refractivity contribution in [2.24, 2.45) is 5.41 Å². The second-order valence-electron chi connectivity index (χ2n) is 6.78. The van der Waals surface area contributed by atoms with Gasteiger partial charge in [-0.2, -0.15) is 0 Å². The predicted octanol–water partition coefficient (Wildman–Crippen LogP) is 2.53. The Morgan fingerprint density at radius 2 is 1.95 bits per heavy atom. The lowest BCUT2D eigenvalue weighted by atomic mass is 9.91. The van der Waals surface area contributed by atoms with Crippen molar-refractivity contribution in [3.8, 4) is 0 Å². The Labute approximate surface area is 125 Å². The number of carbonyl (C=O) groups is 1. The van der Waals surface area contributed by atoms with Crippen LogP contribution in [0.25, 0.3) is 0 Å². The number of aromatic nitrogens is 1. The van der Waals surface area contributed by atoms with E-state index in [1.165, 1.54) is 5.01 Å². The molecule has 0 N–H and O–H groups in total. The van der Waals surface area contributed by atoms with Crippen molar-refractivity contribution >= 4 is 17.2 Å². The van der Waals surface area contributed by atoms with Gasteiger partial charge in [0.2, 0.25) is 5.91 Å². The van der Waals surface area contributed by atoms with E-state index < -0.39 is 0 Å². The highest BCUT2D eigenvalue weighted by atomic mass is 32.1. The number of amides is 1. The molecule has 5 heteroatoms. The van der Waals surface area contributed by atoms with E-state index >= 15 is 0 Å². The van der Waals surface area contributed by atoms with E-state index in [4.69, 9.17) is 0 Å². The smallest absolute Gasteiger partial charge is 0.223 e. The number of aryl methyl sites for hydroxylation is 1. The maximum absolute atomic E-state index is 12.2. The minimum absolute atomic E-state index is 0.0760. The van der Waals surface area contributed by atoms with Crippen molar-refractivity contribution < 1.29 is 4.79 Å². The normalized spacial score (nSPS) is 17.5. The van der Waals surface area contributed by atoms with E-state index in [0.29, 0.717) is 12.3 Å². The van der Waals surface area contributed by atoms with E-state index in [1.54, 1.807) is 11.3 Å². The zero-order valence-electron chi connectivity index (χ0n) is 13.0. The lowest BCUT2D eigenvalue weighted by Gasteiger charge is -2.35. The van der Waals surface area contributed by atoms with Crippen LogP contribution in [-0.4, -0.2) is 46.9 Å². The van der Waals surface area contributed by atoms with Crippen molar-refractivity contribution in [1.82, 2.24) is 14.8 Å². The summed E-state index contributed by atoms with van der Waals surface area (Å²) in [6.07, 6.45) is 0.638. The topological polar surface area (TPSA) is 36.4 Å². The fraction of sp³-hybridized carbons (Fsp3) is 0.733. The summed E-state index contributed by atoms with van der Waals surface area (Å²) in [5.74, 6) is 0.294. The van der Waals surface area contributed by atoms with Crippen LogP contribution in [0.1, 0.15) is 37.9 Å². The molecule has 4 nitrogen and oxygen atoms in total. The zero-order chi connectivity index (χ0) is 14.8. The predicted molar refractivity (Wildman–Crippen MR) is 82.8 cm³/mol. The highest BCUT2D eigenvalue weighted by Crippen LogP contribution is 2.21. The van der Waals surface area contributed by atoms with Gasteiger partial charge in [-0.3, -0.25) is 9.69 Å². The highest BCUT2D eigenvalue weighted by Gasteiger charge is 2.25. The van der Waals surface area contributed by atoms with E-state index in [9.17, 15) is 4.79 Å². The summed E-state index contributed by atoms with van der Waals surface area (Å²) in [6.45, 7) is 12.9. The Kier molecular flexibility index (Phi) is 4.81. The lowest BCUT2D eigenvalue weighted by molar-refractivity contribution is -0.134. The number of hydrogen-bond donors (Lipinski definition) is 0. The SMILES string of the molecule is Cc1csc(CN2CCN(C(=O)CC(C)(C)C)CC2)n1. The molecule has 1 fully saturated rings. The van der Waals surface area contributed by atoms with Gasteiger partial charge < -0.3 is 4.90 Å². The summed E-state index contributed by atoms with van der Waals surface area (Å²) in [5, 5.41) is 3.27. The van der Waals surface area contributed by atoms with Crippen LogP contribution in [-0.2, 0) is 11.3 Å². The van der Waals surface area contributed by atoms with Crippen LogP contribution in [0.2, 0.25) is 0 Å². The molecule has 0 aromatic carbocycles. The van der Waals surface area contributed by atoms with Gasteiger partial charge in [-0.1, -0.05) is 20.8 Å². The van der Waals surface area contributed by atoms with Crippen LogP contribution >= 0.6 is 11.3 Å². The Morgan fingerprint density at radius 3 is 2.45 bits per heavy atom. The third-order valence-corrected chi connectivity index (χ3v) is 4.38. The molecule has 2 rings (SSSR count). The number of rotatable bonds is 3. The molecule has 0 saturated carbocycles. The first-order chi connectivity index (χ1) is 9.33. The molecule has 112 valence electrons. The lowest BCUT2D eigenvalue weighted by Crippen LogP contribution is -2.48. The molecule has 0 atom stereocenters. The maximum atomic E-state index is 12.2. The van der Waals surface area contributed by atoms with Crippen molar-refractivity contribution in [2.45, 2.75) is 40.7 Å². The van der Waals surface area contributed by atoms with E-state index in [0.717, 1.165) is 38.4 Å². The second-order valence-corrected chi connectivity index (χ2v) is 7.72. The molecule has 1 amide bonds. The van der Waals surface area contributed by atoms with Gasteiger partial charge in [-0.05, 0) is 12.3 Å². The van der Waals surface area contributed by atoms with Gasteiger partial charge in [0.15, 0.2) is 0 Å². The van der Waals surface area contributed by atoms with Gasteiger partial charge in [0.1, 0.15) is 5.01 Å². The van der Waals surface area contributed by atoms with Gasteiger partial charge in [-0.15, -0.1) is 11.3 Å². The summed E-state index contributed by atoms with van der Waals surface area (Å²) in [5.41, 5.74) is 1.18. The first kappa shape index (κ1) is 15.4. The Morgan fingerprint density at radius 1 is 1.30 bits per heavy atom. The van der Waals surface area contributed by atoms with Gasteiger partial charge in [0.05, 0.1) is 6.54 Å². The zero-order valence-corrected chi connectivity index (χ0v) is 13.8. The minimum Gasteiger partial charge on any atom is -0.340 e. The fourth-order valence-electron chi connectivity index (χ4n) is 2.39. The van der Waals surface area contributed by atoms with Gasteiger partial charge in [-0.25, -0.2) is 4.98 Å². The van der Waals surface area contributed by atoms with Gasteiger partial charge in [0.25, 0.3) is 0 Å². The number of piperazine rings is 1. The number of hydrogen-bond acceptors (Lipinski definition) is 4. The molecule has 0 unspecified atom stereocenters. The highest BCUT2D eigenvalue weighted by molar-refractivity contribution is 7.09. The summed E-state index contributed by atoms with van der Waals surface area (Å²) in [6, 6.07) is 0. The largest absolute Gasteiger partial charge is 0.340 e. The molecule has 0 bridgehead atoms. The van der Waals surface area contributed by atoms with Gasteiger partial charge >= 0.3 is 0 Å². The summed E-state index contributed by atoms with van der Waals surface area (Å²) in [7, 11) is 0. The molecule has 2 heterocycles. The minimum atomic E-state index is 0.0760. The van der Waals surface area contributed by atoms with Crippen molar-refractivity contribution in [1.29, 1.82) is 0 Å². The molecule has 0 radical (unpaired) electrons. The van der Waals surface area contributed by atoms with Crippen molar-refractivity contribution in [3.63, 3.8) is 0 Å².